The Bertz CT molecular complexity index is 309. The molecule has 0 amide bonds. The molecule has 2 N–H and O–H groups in total. The number of carbonyl (C=O) groups is 1. The summed E-state index contributed by atoms with van der Waals surface area (Å²) in [6.45, 7) is 12.4. The fraction of sp³-hybridized carbons (Fsp3) is 0.875. The van der Waals surface area contributed by atoms with E-state index in [4.69, 9.17) is 4.74 Å². The van der Waals surface area contributed by atoms with Crippen LogP contribution in [0.25, 0.3) is 0 Å². The molecule has 0 atom stereocenters. The van der Waals surface area contributed by atoms with E-state index in [0.29, 0.717) is 13.0 Å². The lowest BCUT2D eigenvalue weighted by Gasteiger charge is -2.23. The average Bonchev–Trinajstić information content (AvgIpc) is 2.36. The van der Waals surface area contributed by atoms with Crippen LogP contribution in [0.1, 0.15) is 66.7 Å². The average molecular weight is 299 g/mol. The highest BCUT2D eigenvalue weighted by atomic mass is 16.5. The summed E-state index contributed by atoms with van der Waals surface area (Å²) in [5.41, 5.74) is 0.0145. The highest BCUT2D eigenvalue weighted by Gasteiger charge is 2.11. The van der Waals surface area contributed by atoms with E-state index >= 15 is 0 Å². The van der Waals surface area contributed by atoms with Gasteiger partial charge in [-0.05, 0) is 47.5 Å². The van der Waals surface area contributed by atoms with Crippen molar-refractivity contribution in [2.24, 2.45) is 4.99 Å². The first-order valence-electron chi connectivity index (χ1n) is 8.11. The second-order valence-electron chi connectivity index (χ2n) is 6.10. The van der Waals surface area contributed by atoms with Gasteiger partial charge in [-0.3, -0.25) is 9.79 Å². The van der Waals surface area contributed by atoms with Gasteiger partial charge in [-0.25, -0.2) is 0 Å². The Morgan fingerprint density at radius 1 is 1.10 bits per heavy atom. The molecule has 0 bridgehead atoms. The van der Waals surface area contributed by atoms with Gasteiger partial charge >= 0.3 is 5.97 Å². The Labute approximate surface area is 129 Å². The number of esters is 1. The molecule has 5 nitrogen and oxygen atoms in total. The minimum atomic E-state index is -0.0840. The molecular weight excluding hydrogens is 266 g/mol. The van der Waals surface area contributed by atoms with Crippen LogP contribution in [-0.4, -0.2) is 37.2 Å². The maximum Gasteiger partial charge on any atom is 0.305 e. The molecule has 0 unspecified atom stereocenters. The fourth-order valence-electron chi connectivity index (χ4n) is 1.82. The zero-order valence-corrected chi connectivity index (χ0v) is 14.4. The van der Waals surface area contributed by atoms with Gasteiger partial charge in [0.2, 0.25) is 0 Å². The van der Waals surface area contributed by atoms with Gasteiger partial charge < -0.3 is 15.4 Å². The second kappa shape index (κ2) is 11.4. The molecule has 0 fully saturated rings. The van der Waals surface area contributed by atoms with Gasteiger partial charge in [0.15, 0.2) is 5.96 Å². The van der Waals surface area contributed by atoms with Gasteiger partial charge in [-0.2, -0.15) is 0 Å². The lowest BCUT2D eigenvalue weighted by Crippen LogP contribution is -2.47. The quantitative estimate of drug-likeness (QED) is 0.297. The first kappa shape index (κ1) is 19.7. The summed E-state index contributed by atoms with van der Waals surface area (Å²) in [7, 11) is 0. The largest absolute Gasteiger partial charge is 0.466 e. The smallest absolute Gasteiger partial charge is 0.305 e. The van der Waals surface area contributed by atoms with Crippen molar-refractivity contribution < 1.29 is 9.53 Å². The molecule has 0 spiro atoms. The van der Waals surface area contributed by atoms with Crippen molar-refractivity contribution >= 4 is 11.9 Å². The van der Waals surface area contributed by atoms with E-state index in [1.807, 2.05) is 6.92 Å². The van der Waals surface area contributed by atoms with Crippen LogP contribution in [0.4, 0.5) is 0 Å². The van der Waals surface area contributed by atoms with E-state index in [9.17, 15) is 4.79 Å². The SMILES string of the molecule is CCNC(=NCCCCCCC(=O)OCC)NC(C)(C)C. The van der Waals surface area contributed by atoms with Crippen LogP contribution in [0, 0.1) is 0 Å². The van der Waals surface area contributed by atoms with E-state index in [1.165, 1.54) is 0 Å². The first-order chi connectivity index (χ1) is 9.89. The predicted molar refractivity (Wildman–Crippen MR) is 88.6 cm³/mol. The monoisotopic (exact) mass is 299 g/mol. The Hall–Kier alpha value is -1.26. The number of rotatable bonds is 9. The number of aliphatic imine (C=N–C) groups is 1. The molecular formula is C16H33N3O2. The third-order valence-electron chi connectivity index (χ3n) is 2.70. The van der Waals surface area contributed by atoms with Crippen molar-refractivity contribution in [1.82, 2.24) is 10.6 Å². The lowest BCUT2D eigenvalue weighted by atomic mass is 10.1. The number of unbranched alkanes of at least 4 members (excludes halogenated alkanes) is 3. The number of hydrogen-bond acceptors (Lipinski definition) is 3. The molecule has 0 heterocycles. The van der Waals surface area contributed by atoms with Gasteiger partial charge in [-0.1, -0.05) is 12.8 Å². The number of carbonyl (C=O) groups excluding carboxylic acids is 1. The summed E-state index contributed by atoms with van der Waals surface area (Å²) in [6.07, 6.45) is 4.63. The van der Waals surface area contributed by atoms with Gasteiger partial charge in [0, 0.05) is 25.0 Å². The van der Waals surface area contributed by atoms with Crippen molar-refractivity contribution in [2.75, 3.05) is 19.7 Å². The summed E-state index contributed by atoms with van der Waals surface area (Å²) in [6, 6.07) is 0. The molecule has 0 aromatic carbocycles. The molecule has 0 radical (unpaired) electrons. The lowest BCUT2D eigenvalue weighted by molar-refractivity contribution is -0.143. The van der Waals surface area contributed by atoms with Crippen molar-refractivity contribution in [3.63, 3.8) is 0 Å². The molecule has 21 heavy (non-hydrogen) atoms. The van der Waals surface area contributed by atoms with E-state index in [2.05, 4.69) is 43.3 Å². The van der Waals surface area contributed by atoms with Gasteiger partial charge in [0.1, 0.15) is 0 Å². The number of nitrogens with zero attached hydrogens (tertiary/aromatic N) is 1. The molecule has 124 valence electrons. The van der Waals surface area contributed by atoms with Crippen molar-refractivity contribution in [2.45, 2.75) is 72.3 Å². The summed E-state index contributed by atoms with van der Waals surface area (Å²) >= 11 is 0. The number of nitrogens with one attached hydrogen (secondary N) is 2. The molecule has 0 aliphatic rings. The van der Waals surface area contributed by atoms with Crippen molar-refractivity contribution in [3.8, 4) is 0 Å². The number of ether oxygens (including phenoxy) is 1. The summed E-state index contributed by atoms with van der Waals surface area (Å²) in [5, 5.41) is 6.61. The van der Waals surface area contributed by atoms with Gasteiger partial charge in [0.05, 0.1) is 6.61 Å². The van der Waals surface area contributed by atoms with Crippen LogP contribution in [0.5, 0.6) is 0 Å². The molecule has 0 aromatic rings. The minimum Gasteiger partial charge on any atom is -0.466 e. The van der Waals surface area contributed by atoms with Crippen LogP contribution >= 0.6 is 0 Å². The van der Waals surface area contributed by atoms with Crippen molar-refractivity contribution in [3.05, 3.63) is 0 Å². The van der Waals surface area contributed by atoms with Crippen molar-refractivity contribution in [1.29, 1.82) is 0 Å². The molecule has 0 saturated carbocycles. The van der Waals surface area contributed by atoms with Crippen LogP contribution < -0.4 is 10.6 Å². The van der Waals surface area contributed by atoms with Crippen LogP contribution in [-0.2, 0) is 9.53 Å². The Morgan fingerprint density at radius 2 is 1.76 bits per heavy atom. The molecule has 0 aliphatic carbocycles. The predicted octanol–water partition coefficient (Wildman–Crippen LogP) is 2.85. The summed E-state index contributed by atoms with van der Waals surface area (Å²) < 4.78 is 4.90. The third-order valence-corrected chi connectivity index (χ3v) is 2.70. The topological polar surface area (TPSA) is 62.7 Å². The normalized spacial score (nSPS) is 12.1. The number of hydrogen-bond donors (Lipinski definition) is 2. The summed E-state index contributed by atoms with van der Waals surface area (Å²) in [4.78, 5) is 15.7. The molecule has 5 heteroatoms. The Balaban J connectivity index is 3.78. The molecule has 0 rings (SSSR count). The maximum absolute atomic E-state index is 11.2. The first-order valence-corrected chi connectivity index (χ1v) is 8.11. The Kier molecular flexibility index (Phi) is 10.7. The highest BCUT2D eigenvalue weighted by molar-refractivity contribution is 5.80. The summed E-state index contributed by atoms with van der Waals surface area (Å²) in [5.74, 6) is 0.788. The maximum atomic E-state index is 11.2. The Morgan fingerprint density at radius 3 is 2.33 bits per heavy atom. The molecule has 0 aliphatic heterocycles. The molecule has 0 aromatic heterocycles. The van der Waals surface area contributed by atoms with Gasteiger partial charge in [0.25, 0.3) is 0 Å². The van der Waals surface area contributed by atoms with E-state index < -0.39 is 0 Å². The van der Waals surface area contributed by atoms with E-state index in [-0.39, 0.29) is 11.5 Å². The highest BCUT2D eigenvalue weighted by Crippen LogP contribution is 2.04. The molecule has 0 saturated heterocycles. The zero-order chi connectivity index (χ0) is 16.1. The zero-order valence-electron chi connectivity index (χ0n) is 14.4. The minimum absolute atomic E-state index is 0.0145. The number of guanidine groups is 1. The van der Waals surface area contributed by atoms with E-state index in [0.717, 1.165) is 44.7 Å². The van der Waals surface area contributed by atoms with Crippen LogP contribution in [0.3, 0.4) is 0 Å². The van der Waals surface area contributed by atoms with E-state index in [1.54, 1.807) is 0 Å². The third kappa shape index (κ3) is 13.5. The van der Waals surface area contributed by atoms with Crippen LogP contribution in [0.15, 0.2) is 4.99 Å². The fourth-order valence-corrected chi connectivity index (χ4v) is 1.82. The van der Waals surface area contributed by atoms with Crippen LogP contribution in [0.2, 0.25) is 0 Å². The standard InChI is InChI=1S/C16H33N3O2/c1-6-17-15(19-16(3,4)5)18-13-11-9-8-10-12-14(20)21-7-2/h6-13H2,1-5H3,(H2,17,18,19). The second-order valence-corrected chi connectivity index (χ2v) is 6.10. The van der Waals surface area contributed by atoms with Gasteiger partial charge in [-0.15, -0.1) is 0 Å².